The summed E-state index contributed by atoms with van der Waals surface area (Å²) >= 11 is 0. The molecule has 2 saturated carbocycles. The van der Waals surface area contributed by atoms with Gasteiger partial charge < -0.3 is 5.11 Å². The third-order valence-electron chi connectivity index (χ3n) is 12.0. The van der Waals surface area contributed by atoms with Gasteiger partial charge in [-0.15, -0.1) is 0 Å². The highest BCUT2D eigenvalue weighted by molar-refractivity contribution is 5.80. The molecule has 0 heterocycles. The molecule has 4 aliphatic carbocycles. The van der Waals surface area contributed by atoms with Gasteiger partial charge in [0, 0.05) is 12.3 Å². The number of hydrogen-bond acceptors (Lipinski definition) is 2. The number of ketones is 1. The summed E-state index contributed by atoms with van der Waals surface area (Å²) in [7, 11) is 0. The first-order valence-corrected chi connectivity index (χ1v) is 13.7. The van der Waals surface area contributed by atoms with Gasteiger partial charge in [-0.1, -0.05) is 66.5 Å². The standard InChI is InChI=1S/C30H50O2/c1-19(2)24(31)11-9-20(3)21-13-17-30(8)23-10-12-25-27(4,5)26(32)15-16-28(25,6)22(23)14-18-29(21,30)7/h19-21,25-26,32H,9-18H2,1-8H3/t20-,21-,25+,26+,28-,29-,30+/m1/s1. The normalized spacial score (nSPS) is 44.1. The Bertz CT molecular complexity index is 791. The molecule has 0 bridgehead atoms. The van der Waals surface area contributed by atoms with Crippen LogP contribution in [0, 0.1) is 45.3 Å². The molecule has 7 atom stereocenters. The van der Waals surface area contributed by atoms with E-state index >= 15 is 0 Å². The van der Waals surface area contributed by atoms with Crippen molar-refractivity contribution in [2.24, 2.45) is 45.3 Å². The first-order valence-electron chi connectivity index (χ1n) is 13.7. The molecule has 0 unspecified atom stereocenters. The van der Waals surface area contributed by atoms with Crippen LogP contribution in [-0.4, -0.2) is 17.0 Å². The summed E-state index contributed by atoms with van der Waals surface area (Å²) in [5.74, 6) is 2.57. The first-order chi connectivity index (χ1) is 14.8. The molecule has 0 aliphatic heterocycles. The lowest BCUT2D eigenvalue weighted by Crippen LogP contribution is -2.55. The highest BCUT2D eigenvalue weighted by atomic mass is 16.3. The van der Waals surface area contributed by atoms with Crippen LogP contribution in [0.15, 0.2) is 11.1 Å². The van der Waals surface area contributed by atoms with Gasteiger partial charge in [0.2, 0.25) is 0 Å². The minimum Gasteiger partial charge on any atom is -0.393 e. The van der Waals surface area contributed by atoms with Gasteiger partial charge >= 0.3 is 0 Å². The van der Waals surface area contributed by atoms with E-state index in [1.165, 1.54) is 38.5 Å². The van der Waals surface area contributed by atoms with Crippen LogP contribution in [-0.2, 0) is 4.79 Å². The second-order valence-electron chi connectivity index (χ2n) is 13.9. The smallest absolute Gasteiger partial charge is 0.135 e. The Kier molecular flexibility index (Phi) is 6.09. The van der Waals surface area contributed by atoms with Crippen molar-refractivity contribution >= 4 is 5.78 Å². The highest BCUT2D eigenvalue weighted by Gasteiger charge is 2.63. The van der Waals surface area contributed by atoms with Crippen molar-refractivity contribution in [2.45, 2.75) is 126 Å². The maximum absolute atomic E-state index is 12.3. The summed E-state index contributed by atoms with van der Waals surface area (Å²) in [6.45, 7) is 18.9. The topological polar surface area (TPSA) is 37.3 Å². The Morgan fingerprint density at radius 2 is 1.62 bits per heavy atom. The number of fused-ring (bicyclic) bond motifs is 4. The Morgan fingerprint density at radius 3 is 2.28 bits per heavy atom. The predicted molar refractivity (Wildman–Crippen MR) is 133 cm³/mol. The van der Waals surface area contributed by atoms with Gasteiger partial charge in [-0.05, 0) is 97.2 Å². The van der Waals surface area contributed by atoms with Crippen LogP contribution in [0.3, 0.4) is 0 Å². The molecular formula is C30H50O2. The van der Waals surface area contributed by atoms with Crippen molar-refractivity contribution in [3.05, 3.63) is 11.1 Å². The van der Waals surface area contributed by atoms with E-state index in [2.05, 4.69) is 41.5 Å². The second kappa shape index (κ2) is 7.96. The molecule has 2 heteroatoms. The van der Waals surface area contributed by atoms with Crippen LogP contribution < -0.4 is 0 Å². The van der Waals surface area contributed by atoms with Gasteiger partial charge in [-0.2, -0.15) is 0 Å². The van der Waals surface area contributed by atoms with E-state index in [-0.39, 0.29) is 22.9 Å². The van der Waals surface area contributed by atoms with Gasteiger partial charge in [0.05, 0.1) is 6.10 Å². The number of carbonyl (C=O) groups excluding carboxylic acids is 1. The molecule has 4 rings (SSSR count). The summed E-state index contributed by atoms with van der Waals surface area (Å²) in [6, 6.07) is 0. The summed E-state index contributed by atoms with van der Waals surface area (Å²) in [4.78, 5) is 12.3. The molecule has 0 aromatic rings. The molecule has 0 aromatic carbocycles. The van der Waals surface area contributed by atoms with Crippen LogP contribution >= 0.6 is 0 Å². The average molecular weight is 443 g/mol. The lowest BCUT2D eigenvalue weighted by atomic mass is 9.43. The van der Waals surface area contributed by atoms with E-state index in [0.717, 1.165) is 31.6 Å². The summed E-state index contributed by atoms with van der Waals surface area (Å²) in [6.07, 6.45) is 11.5. The van der Waals surface area contributed by atoms with Gasteiger partial charge in [0.1, 0.15) is 5.78 Å². The molecule has 2 nitrogen and oxygen atoms in total. The average Bonchev–Trinajstić information content (AvgIpc) is 3.00. The van der Waals surface area contributed by atoms with Gasteiger partial charge in [0.25, 0.3) is 0 Å². The van der Waals surface area contributed by atoms with Crippen LogP contribution in [0.1, 0.15) is 120 Å². The number of aliphatic hydroxyl groups is 1. The monoisotopic (exact) mass is 442 g/mol. The van der Waals surface area contributed by atoms with Crippen molar-refractivity contribution in [2.75, 3.05) is 0 Å². The highest BCUT2D eigenvalue weighted by Crippen LogP contribution is 2.72. The Balaban J connectivity index is 1.62. The second-order valence-corrected chi connectivity index (χ2v) is 13.9. The van der Waals surface area contributed by atoms with E-state index in [1.807, 2.05) is 19.4 Å². The number of aliphatic hydroxyl groups excluding tert-OH is 1. The maximum Gasteiger partial charge on any atom is 0.135 e. The maximum atomic E-state index is 12.3. The van der Waals surface area contributed by atoms with Gasteiger partial charge in [-0.3, -0.25) is 4.79 Å². The molecule has 2 fully saturated rings. The van der Waals surface area contributed by atoms with Crippen molar-refractivity contribution < 1.29 is 9.90 Å². The molecule has 0 amide bonds. The van der Waals surface area contributed by atoms with E-state index in [9.17, 15) is 9.90 Å². The summed E-state index contributed by atoms with van der Waals surface area (Å²) < 4.78 is 0. The zero-order valence-corrected chi connectivity index (χ0v) is 22.3. The number of hydrogen-bond donors (Lipinski definition) is 1. The zero-order valence-electron chi connectivity index (χ0n) is 22.3. The van der Waals surface area contributed by atoms with Crippen molar-refractivity contribution in [1.29, 1.82) is 0 Å². The molecule has 0 spiro atoms. The Hall–Kier alpha value is -0.630. The molecule has 182 valence electrons. The Labute approximate surface area is 198 Å². The number of allylic oxidation sites excluding steroid dienone is 2. The molecule has 0 radical (unpaired) electrons. The molecule has 0 saturated heterocycles. The lowest BCUT2D eigenvalue weighted by molar-refractivity contribution is -0.122. The third-order valence-corrected chi connectivity index (χ3v) is 12.0. The number of rotatable bonds is 5. The lowest BCUT2D eigenvalue weighted by Gasteiger charge is -2.62. The van der Waals surface area contributed by atoms with Crippen LogP contribution in [0.25, 0.3) is 0 Å². The Morgan fingerprint density at radius 1 is 0.938 bits per heavy atom. The molecular weight excluding hydrogens is 392 g/mol. The summed E-state index contributed by atoms with van der Waals surface area (Å²) in [5, 5.41) is 10.8. The minimum atomic E-state index is -0.155. The zero-order chi connectivity index (χ0) is 23.7. The fourth-order valence-corrected chi connectivity index (χ4v) is 9.49. The van der Waals surface area contributed by atoms with E-state index in [0.29, 0.717) is 28.4 Å². The molecule has 1 N–H and O–H groups in total. The number of carbonyl (C=O) groups is 1. The molecule has 4 aliphatic rings. The van der Waals surface area contributed by atoms with Crippen LogP contribution in [0.5, 0.6) is 0 Å². The van der Waals surface area contributed by atoms with Gasteiger partial charge in [-0.25, -0.2) is 0 Å². The van der Waals surface area contributed by atoms with Gasteiger partial charge in [0.15, 0.2) is 0 Å². The van der Waals surface area contributed by atoms with E-state index < -0.39 is 0 Å². The fourth-order valence-electron chi connectivity index (χ4n) is 9.49. The van der Waals surface area contributed by atoms with E-state index in [4.69, 9.17) is 0 Å². The quantitative estimate of drug-likeness (QED) is 0.442. The van der Waals surface area contributed by atoms with Crippen molar-refractivity contribution in [1.82, 2.24) is 0 Å². The van der Waals surface area contributed by atoms with Crippen LogP contribution in [0.4, 0.5) is 0 Å². The molecule has 32 heavy (non-hydrogen) atoms. The van der Waals surface area contributed by atoms with Crippen molar-refractivity contribution in [3.8, 4) is 0 Å². The predicted octanol–water partition coefficient (Wildman–Crippen LogP) is 7.74. The van der Waals surface area contributed by atoms with Crippen LogP contribution in [0.2, 0.25) is 0 Å². The van der Waals surface area contributed by atoms with Crippen molar-refractivity contribution in [3.63, 3.8) is 0 Å². The third kappa shape index (κ3) is 3.32. The fraction of sp³-hybridized carbons (Fsp3) is 0.900. The SMILES string of the molecule is CC(C)C(=O)CC[C@@H](C)[C@H]1CC[C@@]2(C)C3=C(CC[C@]12C)[C@@]1(C)CC[C@H](O)C(C)(C)[C@@H]1CC3. The van der Waals surface area contributed by atoms with E-state index in [1.54, 1.807) is 5.57 Å². The summed E-state index contributed by atoms with van der Waals surface area (Å²) in [5.41, 5.74) is 4.59. The molecule has 0 aromatic heterocycles. The minimum absolute atomic E-state index is 0.0167. The largest absolute Gasteiger partial charge is 0.393 e. The first kappa shape index (κ1) is 24.5. The number of Topliss-reactive ketones (excluding diaryl/α,β-unsaturated/α-hetero) is 1.